The lowest BCUT2D eigenvalue weighted by molar-refractivity contribution is -0.143. The summed E-state index contributed by atoms with van der Waals surface area (Å²) >= 11 is 4.38. The number of carboxylic acids is 1. The summed E-state index contributed by atoms with van der Waals surface area (Å²) in [6.07, 6.45) is 1.04. The van der Waals surface area contributed by atoms with E-state index in [1.54, 1.807) is 0 Å². The van der Waals surface area contributed by atoms with Gasteiger partial charge < -0.3 is 15.2 Å². The number of hydrogen-bond acceptors (Lipinski definition) is 4. The largest absolute Gasteiger partial charge is 0.480 e. The van der Waals surface area contributed by atoms with E-state index in [0.29, 0.717) is 26.1 Å². The van der Waals surface area contributed by atoms with Crippen molar-refractivity contribution in [1.82, 2.24) is 5.32 Å². The highest BCUT2D eigenvalue weighted by Gasteiger charge is 2.42. The summed E-state index contributed by atoms with van der Waals surface area (Å²) in [5.41, 5.74) is 0. The van der Waals surface area contributed by atoms with E-state index in [1.807, 2.05) is 0 Å². The van der Waals surface area contributed by atoms with Gasteiger partial charge in [0, 0.05) is 24.9 Å². The Morgan fingerprint density at radius 2 is 2.00 bits per heavy atom. The van der Waals surface area contributed by atoms with Crippen LogP contribution in [0, 0.1) is 0 Å². The van der Waals surface area contributed by atoms with Crippen LogP contribution in [0.25, 0.3) is 0 Å². The second-order valence-electron chi connectivity index (χ2n) is 3.69. The average molecular weight is 233 g/mol. The number of ether oxygens (including phenoxy) is 1. The highest BCUT2D eigenvalue weighted by Crippen LogP contribution is 2.31. The monoisotopic (exact) mass is 233 g/mol. The molecule has 0 bridgehead atoms. The summed E-state index contributed by atoms with van der Waals surface area (Å²) < 4.78 is 4.43. The molecule has 0 aliphatic carbocycles. The van der Waals surface area contributed by atoms with Crippen molar-refractivity contribution in [2.75, 3.05) is 13.2 Å². The van der Waals surface area contributed by atoms with Crippen molar-refractivity contribution in [2.24, 2.45) is 0 Å². The van der Waals surface area contributed by atoms with Crippen LogP contribution in [0.4, 0.5) is 0 Å². The zero-order valence-corrected chi connectivity index (χ0v) is 9.42. The van der Waals surface area contributed by atoms with Gasteiger partial charge in [-0.25, -0.2) is 4.79 Å². The molecule has 1 amide bonds. The van der Waals surface area contributed by atoms with Gasteiger partial charge in [0.1, 0.15) is 6.04 Å². The molecule has 0 spiro atoms. The Morgan fingerprint density at radius 1 is 1.47 bits per heavy atom. The number of carboxylic acid groups (broad SMARTS) is 1. The SMILES string of the molecule is CC(=O)NC(C(=O)O)C1(S)CCOCC1. The van der Waals surface area contributed by atoms with Gasteiger partial charge in [0.2, 0.25) is 5.91 Å². The first-order valence-electron chi connectivity index (χ1n) is 4.76. The van der Waals surface area contributed by atoms with Crippen LogP contribution in [0.5, 0.6) is 0 Å². The first-order chi connectivity index (χ1) is 6.96. The lowest BCUT2D eigenvalue weighted by atomic mass is 9.90. The Hall–Kier alpha value is -0.750. The molecule has 2 N–H and O–H groups in total. The molecular weight excluding hydrogens is 218 g/mol. The molecule has 1 heterocycles. The van der Waals surface area contributed by atoms with E-state index in [4.69, 9.17) is 9.84 Å². The summed E-state index contributed by atoms with van der Waals surface area (Å²) in [4.78, 5) is 21.9. The van der Waals surface area contributed by atoms with Gasteiger partial charge in [-0.3, -0.25) is 4.79 Å². The van der Waals surface area contributed by atoms with Gasteiger partial charge in [-0.05, 0) is 12.8 Å². The third-order valence-corrected chi connectivity index (χ3v) is 3.20. The molecule has 86 valence electrons. The smallest absolute Gasteiger partial charge is 0.327 e. The Morgan fingerprint density at radius 3 is 2.40 bits per heavy atom. The van der Waals surface area contributed by atoms with E-state index >= 15 is 0 Å². The zero-order valence-electron chi connectivity index (χ0n) is 8.52. The van der Waals surface area contributed by atoms with Crippen LogP contribution >= 0.6 is 12.6 Å². The lowest BCUT2D eigenvalue weighted by Gasteiger charge is -2.37. The highest BCUT2D eigenvalue weighted by molar-refractivity contribution is 7.82. The maximum atomic E-state index is 11.0. The Kier molecular flexibility index (Phi) is 3.98. The Labute approximate surface area is 93.6 Å². The van der Waals surface area contributed by atoms with Crippen LogP contribution in [0.2, 0.25) is 0 Å². The Balaban J connectivity index is 2.76. The molecule has 1 aliphatic rings. The van der Waals surface area contributed by atoms with Crippen molar-refractivity contribution in [2.45, 2.75) is 30.6 Å². The maximum absolute atomic E-state index is 11.0. The molecule has 1 saturated heterocycles. The molecule has 0 aromatic heterocycles. The van der Waals surface area contributed by atoms with Crippen molar-refractivity contribution >= 4 is 24.5 Å². The second kappa shape index (κ2) is 4.85. The van der Waals surface area contributed by atoms with E-state index in [2.05, 4.69) is 17.9 Å². The predicted octanol–water partition coefficient (Wildman–Crippen LogP) is 0.0547. The van der Waals surface area contributed by atoms with Gasteiger partial charge >= 0.3 is 5.97 Å². The minimum absolute atomic E-state index is 0.359. The molecule has 0 saturated carbocycles. The standard InChI is InChI=1S/C9H15NO4S/c1-6(11)10-7(8(12)13)9(15)2-4-14-5-3-9/h7,15H,2-5H2,1H3,(H,10,11)(H,12,13). The van der Waals surface area contributed by atoms with Gasteiger partial charge in [0.05, 0.1) is 0 Å². The number of carbonyl (C=O) groups is 2. The van der Waals surface area contributed by atoms with Crippen LogP contribution in [0.3, 0.4) is 0 Å². The number of aliphatic carboxylic acids is 1. The first kappa shape index (κ1) is 12.3. The fraction of sp³-hybridized carbons (Fsp3) is 0.778. The molecule has 6 heteroatoms. The number of amides is 1. The normalized spacial score (nSPS) is 21.7. The number of thiol groups is 1. The van der Waals surface area contributed by atoms with E-state index in [0.717, 1.165) is 0 Å². The number of hydrogen-bond donors (Lipinski definition) is 3. The number of carbonyl (C=O) groups excluding carboxylic acids is 1. The summed E-state index contributed by atoms with van der Waals surface area (Å²) in [7, 11) is 0. The quantitative estimate of drug-likeness (QED) is 0.602. The third kappa shape index (κ3) is 3.10. The molecule has 1 atom stereocenters. The summed E-state index contributed by atoms with van der Waals surface area (Å²) in [5.74, 6) is -1.41. The fourth-order valence-corrected chi connectivity index (χ4v) is 2.00. The van der Waals surface area contributed by atoms with E-state index in [1.165, 1.54) is 6.92 Å². The van der Waals surface area contributed by atoms with Crippen molar-refractivity contribution in [3.63, 3.8) is 0 Å². The molecule has 1 aliphatic heterocycles. The molecule has 1 fully saturated rings. The second-order valence-corrected chi connectivity index (χ2v) is 4.58. The van der Waals surface area contributed by atoms with Crippen molar-refractivity contribution in [3.8, 4) is 0 Å². The molecule has 0 radical (unpaired) electrons. The third-order valence-electron chi connectivity index (χ3n) is 2.49. The van der Waals surface area contributed by atoms with Crippen LogP contribution in [-0.4, -0.2) is 41.0 Å². The molecular formula is C9H15NO4S. The van der Waals surface area contributed by atoms with Gasteiger partial charge in [0.15, 0.2) is 0 Å². The van der Waals surface area contributed by atoms with Gasteiger partial charge in [-0.2, -0.15) is 12.6 Å². The predicted molar refractivity (Wildman–Crippen MR) is 57.0 cm³/mol. The van der Waals surface area contributed by atoms with Crippen LogP contribution in [0.15, 0.2) is 0 Å². The number of rotatable bonds is 3. The summed E-state index contributed by atoms with van der Waals surface area (Å²) in [6.45, 7) is 2.26. The van der Waals surface area contributed by atoms with Crippen LogP contribution in [-0.2, 0) is 14.3 Å². The van der Waals surface area contributed by atoms with Crippen molar-refractivity contribution in [3.05, 3.63) is 0 Å². The van der Waals surface area contributed by atoms with Crippen LogP contribution in [0.1, 0.15) is 19.8 Å². The topological polar surface area (TPSA) is 75.6 Å². The molecule has 0 aromatic rings. The zero-order chi connectivity index (χ0) is 11.5. The van der Waals surface area contributed by atoms with Gasteiger partial charge in [-0.1, -0.05) is 0 Å². The molecule has 15 heavy (non-hydrogen) atoms. The van der Waals surface area contributed by atoms with Crippen LogP contribution < -0.4 is 5.32 Å². The molecule has 0 aromatic carbocycles. The van der Waals surface area contributed by atoms with Gasteiger partial charge in [0.25, 0.3) is 0 Å². The summed E-state index contributed by atoms with van der Waals surface area (Å²) in [5, 5.41) is 11.5. The fourth-order valence-electron chi connectivity index (χ4n) is 1.64. The molecule has 1 rings (SSSR count). The lowest BCUT2D eigenvalue weighted by Crippen LogP contribution is -2.55. The van der Waals surface area contributed by atoms with Gasteiger partial charge in [-0.15, -0.1) is 0 Å². The maximum Gasteiger partial charge on any atom is 0.327 e. The van der Waals surface area contributed by atoms with Crippen molar-refractivity contribution in [1.29, 1.82) is 0 Å². The van der Waals surface area contributed by atoms with E-state index in [9.17, 15) is 9.59 Å². The minimum atomic E-state index is -1.05. The Bertz CT molecular complexity index is 263. The first-order valence-corrected chi connectivity index (χ1v) is 5.20. The highest BCUT2D eigenvalue weighted by atomic mass is 32.1. The average Bonchev–Trinajstić information content (AvgIpc) is 2.14. The van der Waals surface area contributed by atoms with E-state index in [-0.39, 0.29) is 5.91 Å². The molecule has 5 nitrogen and oxygen atoms in total. The molecule has 1 unspecified atom stereocenters. The number of nitrogens with one attached hydrogen (secondary N) is 1. The van der Waals surface area contributed by atoms with E-state index < -0.39 is 16.8 Å². The summed E-state index contributed by atoms with van der Waals surface area (Å²) in [6, 6.07) is -0.956. The van der Waals surface area contributed by atoms with Crippen molar-refractivity contribution < 1.29 is 19.4 Å². The minimum Gasteiger partial charge on any atom is -0.480 e.